The fourth-order valence-electron chi connectivity index (χ4n) is 2.04. The average Bonchev–Trinajstić information content (AvgIpc) is 3.11. The lowest BCUT2D eigenvalue weighted by atomic mass is 10.4. The fraction of sp³-hybridized carbons (Fsp3) is 0.538. The van der Waals surface area contributed by atoms with Crippen LogP contribution in [-0.2, 0) is 11.3 Å². The van der Waals surface area contributed by atoms with Crippen LogP contribution in [0.1, 0.15) is 17.7 Å². The topological polar surface area (TPSA) is 56.7 Å². The molecule has 0 bridgehead atoms. The van der Waals surface area contributed by atoms with Crippen LogP contribution >= 0.6 is 11.3 Å². The number of hydrogen-bond acceptors (Lipinski definition) is 3. The highest BCUT2D eigenvalue weighted by Gasteiger charge is 2.17. The van der Waals surface area contributed by atoms with Crippen LogP contribution in [0.25, 0.3) is 0 Å². The summed E-state index contributed by atoms with van der Waals surface area (Å²) in [6, 6.07) is 4.09. The molecule has 19 heavy (non-hydrogen) atoms. The standard InChI is InChI=1S/C13H20N4OS/c1-14-13(15-9-11-5-4-8-19-11)16-10-12(18)17-6-2-3-7-17/h4-5,8H,2-3,6-7,9-10H2,1H3,(H2,14,15,16). The molecule has 1 amide bonds. The number of amides is 1. The molecule has 0 spiro atoms. The van der Waals surface area contributed by atoms with E-state index in [1.54, 1.807) is 18.4 Å². The van der Waals surface area contributed by atoms with Gasteiger partial charge in [0.2, 0.25) is 5.91 Å². The maximum absolute atomic E-state index is 11.9. The van der Waals surface area contributed by atoms with E-state index < -0.39 is 0 Å². The monoisotopic (exact) mass is 280 g/mol. The summed E-state index contributed by atoms with van der Waals surface area (Å²) in [5, 5.41) is 8.30. The Labute approximate surface area is 117 Å². The molecule has 1 aliphatic rings. The lowest BCUT2D eigenvalue weighted by molar-refractivity contribution is -0.128. The molecular weight excluding hydrogens is 260 g/mol. The number of carbonyl (C=O) groups excluding carboxylic acids is 1. The Hall–Kier alpha value is -1.56. The van der Waals surface area contributed by atoms with Crippen molar-refractivity contribution in [3.8, 4) is 0 Å². The van der Waals surface area contributed by atoms with Gasteiger partial charge in [0.1, 0.15) is 0 Å². The van der Waals surface area contributed by atoms with Crippen LogP contribution in [0.4, 0.5) is 0 Å². The first-order chi connectivity index (χ1) is 9.29. The summed E-state index contributed by atoms with van der Waals surface area (Å²) in [4.78, 5) is 19.1. The van der Waals surface area contributed by atoms with Gasteiger partial charge in [-0.05, 0) is 24.3 Å². The van der Waals surface area contributed by atoms with Gasteiger partial charge >= 0.3 is 0 Å². The molecule has 5 nitrogen and oxygen atoms in total. The van der Waals surface area contributed by atoms with Crippen LogP contribution in [0, 0.1) is 0 Å². The number of nitrogens with one attached hydrogen (secondary N) is 2. The van der Waals surface area contributed by atoms with E-state index in [2.05, 4.69) is 21.7 Å². The maximum Gasteiger partial charge on any atom is 0.241 e. The minimum atomic E-state index is 0.150. The summed E-state index contributed by atoms with van der Waals surface area (Å²) < 4.78 is 0. The summed E-state index contributed by atoms with van der Waals surface area (Å²) in [6.07, 6.45) is 2.24. The molecule has 2 rings (SSSR count). The number of rotatable bonds is 4. The number of hydrogen-bond donors (Lipinski definition) is 2. The van der Waals surface area contributed by atoms with Gasteiger partial charge in [0, 0.05) is 25.0 Å². The Morgan fingerprint density at radius 2 is 2.21 bits per heavy atom. The van der Waals surface area contributed by atoms with E-state index in [0.29, 0.717) is 12.5 Å². The predicted octanol–water partition coefficient (Wildman–Crippen LogP) is 1.04. The van der Waals surface area contributed by atoms with Gasteiger partial charge in [0.15, 0.2) is 5.96 Å². The number of aliphatic imine (C=N–C) groups is 1. The second kappa shape index (κ2) is 7.13. The van der Waals surface area contributed by atoms with Crippen molar-refractivity contribution in [2.75, 3.05) is 26.7 Å². The summed E-state index contributed by atoms with van der Waals surface area (Å²) >= 11 is 1.70. The molecule has 0 aliphatic carbocycles. The van der Waals surface area contributed by atoms with Crippen LogP contribution in [0.15, 0.2) is 22.5 Å². The number of carbonyl (C=O) groups is 1. The molecule has 0 unspecified atom stereocenters. The van der Waals surface area contributed by atoms with Gasteiger partial charge in [-0.15, -0.1) is 11.3 Å². The van der Waals surface area contributed by atoms with Crippen molar-refractivity contribution in [2.45, 2.75) is 19.4 Å². The second-order valence-electron chi connectivity index (χ2n) is 4.45. The summed E-state index contributed by atoms with van der Waals surface area (Å²) in [5.74, 6) is 0.817. The molecule has 104 valence electrons. The molecule has 1 aromatic rings. The van der Waals surface area contributed by atoms with E-state index in [-0.39, 0.29) is 5.91 Å². The van der Waals surface area contributed by atoms with Crippen LogP contribution in [-0.4, -0.2) is 43.4 Å². The van der Waals surface area contributed by atoms with Crippen LogP contribution in [0.2, 0.25) is 0 Å². The van der Waals surface area contributed by atoms with Crippen LogP contribution in [0.5, 0.6) is 0 Å². The van der Waals surface area contributed by atoms with Crippen molar-refractivity contribution in [3.05, 3.63) is 22.4 Å². The van der Waals surface area contributed by atoms with Crippen molar-refractivity contribution >= 4 is 23.2 Å². The molecule has 0 saturated carbocycles. The predicted molar refractivity (Wildman–Crippen MR) is 78.3 cm³/mol. The largest absolute Gasteiger partial charge is 0.352 e. The minimum absolute atomic E-state index is 0.150. The summed E-state index contributed by atoms with van der Waals surface area (Å²) in [6.45, 7) is 2.82. The van der Waals surface area contributed by atoms with Crippen molar-refractivity contribution in [1.29, 1.82) is 0 Å². The second-order valence-corrected chi connectivity index (χ2v) is 5.48. The third kappa shape index (κ3) is 4.24. The van der Waals surface area contributed by atoms with Crippen molar-refractivity contribution < 1.29 is 4.79 Å². The first kappa shape index (κ1) is 13.9. The van der Waals surface area contributed by atoms with Crippen molar-refractivity contribution in [1.82, 2.24) is 15.5 Å². The zero-order chi connectivity index (χ0) is 13.5. The van der Waals surface area contributed by atoms with E-state index in [1.807, 2.05) is 16.3 Å². The molecule has 1 aliphatic heterocycles. The first-order valence-corrected chi connectivity index (χ1v) is 7.42. The first-order valence-electron chi connectivity index (χ1n) is 6.54. The van der Waals surface area contributed by atoms with Gasteiger partial charge in [-0.25, -0.2) is 0 Å². The molecule has 1 aromatic heterocycles. The molecule has 0 radical (unpaired) electrons. The smallest absolute Gasteiger partial charge is 0.241 e. The van der Waals surface area contributed by atoms with Crippen LogP contribution in [0.3, 0.4) is 0 Å². The Morgan fingerprint density at radius 1 is 1.42 bits per heavy atom. The molecule has 0 aromatic carbocycles. The van der Waals surface area contributed by atoms with E-state index in [4.69, 9.17) is 0 Å². The lowest BCUT2D eigenvalue weighted by Crippen LogP contribution is -2.43. The van der Waals surface area contributed by atoms with E-state index >= 15 is 0 Å². The summed E-state index contributed by atoms with van der Waals surface area (Å²) in [7, 11) is 1.71. The lowest BCUT2D eigenvalue weighted by Gasteiger charge is -2.17. The Balaban J connectivity index is 1.71. The number of guanidine groups is 1. The summed E-state index contributed by atoms with van der Waals surface area (Å²) in [5.41, 5.74) is 0. The highest BCUT2D eigenvalue weighted by atomic mass is 32.1. The molecule has 1 fully saturated rings. The highest BCUT2D eigenvalue weighted by molar-refractivity contribution is 7.09. The minimum Gasteiger partial charge on any atom is -0.352 e. The normalized spacial score (nSPS) is 15.6. The number of likely N-dealkylation sites (tertiary alicyclic amines) is 1. The quantitative estimate of drug-likeness (QED) is 0.640. The zero-order valence-electron chi connectivity index (χ0n) is 11.2. The van der Waals surface area contributed by atoms with Crippen molar-refractivity contribution in [2.24, 2.45) is 4.99 Å². The van der Waals surface area contributed by atoms with E-state index in [0.717, 1.165) is 32.5 Å². The fourth-order valence-corrected chi connectivity index (χ4v) is 2.69. The number of nitrogens with zero attached hydrogens (tertiary/aromatic N) is 2. The Bertz CT molecular complexity index is 424. The van der Waals surface area contributed by atoms with Gasteiger partial charge < -0.3 is 15.5 Å². The molecular formula is C13H20N4OS. The van der Waals surface area contributed by atoms with Gasteiger partial charge in [-0.3, -0.25) is 9.79 Å². The van der Waals surface area contributed by atoms with Crippen LogP contribution < -0.4 is 10.6 Å². The van der Waals surface area contributed by atoms with E-state index in [1.165, 1.54) is 4.88 Å². The molecule has 2 heterocycles. The molecule has 1 saturated heterocycles. The van der Waals surface area contributed by atoms with Gasteiger partial charge in [-0.2, -0.15) is 0 Å². The number of thiophene rings is 1. The molecule has 0 atom stereocenters. The average molecular weight is 280 g/mol. The third-order valence-electron chi connectivity index (χ3n) is 3.10. The SMILES string of the molecule is CN=C(NCC(=O)N1CCCC1)NCc1cccs1. The third-order valence-corrected chi connectivity index (χ3v) is 3.98. The zero-order valence-corrected chi connectivity index (χ0v) is 12.0. The Kier molecular flexibility index (Phi) is 5.20. The van der Waals surface area contributed by atoms with E-state index in [9.17, 15) is 4.79 Å². The maximum atomic E-state index is 11.9. The molecule has 6 heteroatoms. The molecule has 2 N–H and O–H groups in total. The van der Waals surface area contributed by atoms with Crippen molar-refractivity contribution in [3.63, 3.8) is 0 Å². The highest BCUT2D eigenvalue weighted by Crippen LogP contribution is 2.07. The van der Waals surface area contributed by atoms with Gasteiger partial charge in [-0.1, -0.05) is 6.07 Å². The van der Waals surface area contributed by atoms with Gasteiger partial charge in [0.05, 0.1) is 13.1 Å². The van der Waals surface area contributed by atoms with Gasteiger partial charge in [0.25, 0.3) is 0 Å². The Morgan fingerprint density at radius 3 is 2.84 bits per heavy atom.